The van der Waals surface area contributed by atoms with E-state index in [1.165, 1.54) is 25.7 Å². The van der Waals surface area contributed by atoms with Crippen LogP contribution in [0.3, 0.4) is 0 Å². The average Bonchev–Trinajstić information content (AvgIpc) is 2.32. The zero-order chi connectivity index (χ0) is 13.1. The van der Waals surface area contributed by atoms with Crippen LogP contribution < -0.4 is 0 Å². The first-order valence-corrected chi connectivity index (χ1v) is 7.08. The second kappa shape index (κ2) is 9.47. The summed E-state index contributed by atoms with van der Waals surface area (Å²) in [6, 6.07) is 0. The Morgan fingerprint density at radius 3 is 1.82 bits per heavy atom. The zero-order valence-corrected chi connectivity index (χ0v) is 11.8. The fourth-order valence-corrected chi connectivity index (χ4v) is 2.56. The van der Waals surface area contributed by atoms with Gasteiger partial charge in [0.05, 0.1) is 5.60 Å². The van der Waals surface area contributed by atoms with Gasteiger partial charge in [0, 0.05) is 0 Å². The van der Waals surface area contributed by atoms with Crippen molar-refractivity contribution in [2.75, 3.05) is 0 Å². The third-order valence-electron chi connectivity index (χ3n) is 3.36. The summed E-state index contributed by atoms with van der Waals surface area (Å²) in [5, 5.41) is 10.5. The molecule has 1 N–H and O–H groups in total. The van der Waals surface area contributed by atoms with Crippen molar-refractivity contribution in [3.05, 3.63) is 25.3 Å². The largest absolute Gasteiger partial charge is 0.389 e. The van der Waals surface area contributed by atoms with Gasteiger partial charge in [0.15, 0.2) is 0 Å². The molecule has 0 spiro atoms. The van der Waals surface area contributed by atoms with E-state index in [0.717, 1.165) is 12.8 Å². The van der Waals surface area contributed by atoms with E-state index >= 15 is 0 Å². The summed E-state index contributed by atoms with van der Waals surface area (Å²) in [5.41, 5.74) is -0.566. The highest BCUT2D eigenvalue weighted by Crippen LogP contribution is 2.37. The molecule has 0 aromatic rings. The minimum atomic E-state index is -0.566. The molecule has 1 heteroatoms. The molecule has 0 bridgehead atoms. The highest BCUT2D eigenvalue weighted by atomic mass is 16.3. The molecule has 0 atom stereocenters. The zero-order valence-electron chi connectivity index (χ0n) is 11.8. The molecule has 0 saturated heterocycles. The van der Waals surface area contributed by atoms with Gasteiger partial charge in [-0.15, -0.1) is 13.2 Å². The van der Waals surface area contributed by atoms with Crippen LogP contribution >= 0.6 is 0 Å². The van der Waals surface area contributed by atoms with Crippen molar-refractivity contribution in [1.82, 2.24) is 0 Å². The van der Waals surface area contributed by atoms with Gasteiger partial charge in [0.1, 0.15) is 0 Å². The van der Waals surface area contributed by atoms with Crippen molar-refractivity contribution in [2.45, 2.75) is 70.8 Å². The van der Waals surface area contributed by atoms with Crippen LogP contribution in [0.2, 0.25) is 0 Å². The Labute approximate surface area is 108 Å². The Balaban J connectivity index is 0.000000770. The van der Waals surface area contributed by atoms with Gasteiger partial charge in [0.2, 0.25) is 0 Å². The van der Waals surface area contributed by atoms with Crippen molar-refractivity contribution < 1.29 is 5.11 Å². The lowest BCUT2D eigenvalue weighted by molar-refractivity contribution is -0.0278. The van der Waals surface area contributed by atoms with Gasteiger partial charge in [-0.1, -0.05) is 51.7 Å². The summed E-state index contributed by atoms with van der Waals surface area (Å²) in [6.07, 6.45) is 12.5. The Morgan fingerprint density at radius 2 is 1.47 bits per heavy atom. The predicted octanol–water partition coefficient (Wildman–Crippen LogP) is 4.87. The van der Waals surface area contributed by atoms with Crippen molar-refractivity contribution in [3.63, 3.8) is 0 Å². The minimum absolute atomic E-state index is 0.451. The SMILES string of the molecule is C=CCC(O)(CC=C)C1CCCCC1.CCC. The van der Waals surface area contributed by atoms with E-state index in [4.69, 9.17) is 0 Å². The van der Waals surface area contributed by atoms with E-state index in [2.05, 4.69) is 27.0 Å². The maximum Gasteiger partial charge on any atom is 0.0744 e. The number of aliphatic hydroxyl groups is 1. The van der Waals surface area contributed by atoms with Crippen molar-refractivity contribution in [1.29, 1.82) is 0 Å². The molecule has 0 unspecified atom stereocenters. The molecule has 0 aromatic heterocycles. The quantitative estimate of drug-likeness (QED) is 0.678. The van der Waals surface area contributed by atoms with Crippen molar-refractivity contribution in [3.8, 4) is 0 Å². The van der Waals surface area contributed by atoms with E-state index in [9.17, 15) is 5.11 Å². The number of rotatable bonds is 5. The van der Waals surface area contributed by atoms with E-state index in [0.29, 0.717) is 18.8 Å². The Morgan fingerprint density at radius 1 is 1.06 bits per heavy atom. The van der Waals surface area contributed by atoms with E-state index in [-0.39, 0.29) is 0 Å². The van der Waals surface area contributed by atoms with Crippen molar-refractivity contribution >= 4 is 0 Å². The van der Waals surface area contributed by atoms with Crippen LogP contribution in [0.15, 0.2) is 25.3 Å². The van der Waals surface area contributed by atoms with E-state index in [1.807, 2.05) is 12.2 Å². The summed E-state index contributed by atoms with van der Waals surface area (Å²) >= 11 is 0. The van der Waals surface area contributed by atoms with Gasteiger partial charge in [-0.25, -0.2) is 0 Å². The van der Waals surface area contributed by atoms with Gasteiger partial charge in [-0.3, -0.25) is 0 Å². The van der Waals surface area contributed by atoms with Gasteiger partial charge in [-0.05, 0) is 31.6 Å². The van der Waals surface area contributed by atoms with Crippen LogP contribution in [-0.2, 0) is 0 Å². The van der Waals surface area contributed by atoms with Crippen molar-refractivity contribution in [2.24, 2.45) is 5.92 Å². The molecule has 1 rings (SSSR count). The van der Waals surface area contributed by atoms with E-state index in [1.54, 1.807) is 0 Å². The first kappa shape index (κ1) is 16.4. The summed E-state index contributed by atoms with van der Waals surface area (Å²) in [6.45, 7) is 11.7. The van der Waals surface area contributed by atoms with Gasteiger partial charge in [-0.2, -0.15) is 0 Å². The molecule has 0 aromatic carbocycles. The molecular formula is C16H30O. The number of hydrogen-bond donors (Lipinski definition) is 1. The highest BCUT2D eigenvalue weighted by molar-refractivity contribution is 4.97. The molecule has 0 amide bonds. The lowest BCUT2D eigenvalue weighted by Gasteiger charge is -2.37. The van der Waals surface area contributed by atoms with Crippen LogP contribution in [0, 0.1) is 5.92 Å². The third-order valence-corrected chi connectivity index (χ3v) is 3.36. The smallest absolute Gasteiger partial charge is 0.0744 e. The molecule has 1 aliphatic rings. The van der Waals surface area contributed by atoms with Gasteiger partial charge >= 0.3 is 0 Å². The Hall–Kier alpha value is -0.560. The average molecular weight is 238 g/mol. The second-order valence-corrected chi connectivity index (χ2v) is 5.13. The Bertz CT molecular complexity index is 192. The maximum atomic E-state index is 10.5. The molecule has 17 heavy (non-hydrogen) atoms. The molecule has 1 aliphatic carbocycles. The highest BCUT2D eigenvalue weighted by Gasteiger charge is 2.34. The second-order valence-electron chi connectivity index (χ2n) is 5.13. The normalized spacial score (nSPS) is 16.9. The fraction of sp³-hybridized carbons (Fsp3) is 0.750. The monoisotopic (exact) mass is 238 g/mol. The molecule has 0 heterocycles. The standard InChI is InChI=1S/C13H22O.C3H8/c1-3-10-13(14,11-4-2)12-8-6-5-7-9-12;1-3-2/h3-4,12,14H,1-2,5-11H2;3H2,1-2H3. The van der Waals surface area contributed by atoms with Crippen LogP contribution in [0.25, 0.3) is 0 Å². The lowest BCUT2D eigenvalue weighted by Crippen LogP contribution is -2.38. The van der Waals surface area contributed by atoms with E-state index < -0.39 is 5.60 Å². The molecule has 1 nitrogen and oxygen atoms in total. The fourth-order valence-electron chi connectivity index (χ4n) is 2.56. The van der Waals surface area contributed by atoms with Crippen LogP contribution in [-0.4, -0.2) is 10.7 Å². The summed E-state index contributed by atoms with van der Waals surface area (Å²) < 4.78 is 0. The molecule has 1 saturated carbocycles. The van der Waals surface area contributed by atoms with Crippen LogP contribution in [0.4, 0.5) is 0 Å². The first-order valence-electron chi connectivity index (χ1n) is 7.08. The molecule has 0 aliphatic heterocycles. The summed E-state index contributed by atoms with van der Waals surface area (Å²) in [7, 11) is 0. The molecule has 0 radical (unpaired) electrons. The van der Waals surface area contributed by atoms with Gasteiger partial charge in [0.25, 0.3) is 0 Å². The first-order chi connectivity index (χ1) is 8.14. The predicted molar refractivity (Wildman–Crippen MR) is 77.1 cm³/mol. The summed E-state index contributed by atoms with van der Waals surface area (Å²) in [4.78, 5) is 0. The van der Waals surface area contributed by atoms with Crippen LogP contribution in [0.1, 0.15) is 65.2 Å². The topological polar surface area (TPSA) is 20.2 Å². The lowest BCUT2D eigenvalue weighted by atomic mass is 9.73. The molecular weight excluding hydrogens is 208 g/mol. The van der Waals surface area contributed by atoms with Crippen LogP contribution in [0.5, 0.6) is 0 Å². The Kier molecular flexibility index (Phi) is 9.16. The molecule has 1 fully saturated rings. The van der Waals surface area contributed by atoms with Gasteiger partial charge < -0.3 is 5.11 Å². The summed E-state index contributed by atoms with van der Waals surface area (Å²) in [5.74, 6) is 0.451. The third kappa shape index (κ3) is 6.07. The maximum absolute atomic E-state index is 10.5. The number of hydrogen-bond acceptors (Lipinski definition) is 1. The molecule has 100 valence electrons. The minimum Gasteiger partial charge on any atom is -0.389 e.